The van der Waals surface area contributed by atoms with E-state index in [1.807, 2.05) is 30.3 Å². The zero-order valence-corrected chi connectivity index (χ0v) is 19.3. The third kappa shape index (κ3) is 4.63. The minimum atomic E-state index is -3.76. The zero-order valence-electron chi connectivity index (χ0n) is 17.7. The van der Waals surface area contributed by atoms with Gasteiger partial charge in [-0.15, -0.1) is 0 Å². The van der Waals surface area contributed by atoms with Crippen molar-refractivity contribution in [2.75, 3.05) is 7.05 Å². The second-order valence-electron chi connectivity index (χ2n) is 7.37. The number of benzene rings is 3. The van der Waals surface area contributed by atoms with Crippen molar-refractivity contribution in [1.82, 2.24) is 8.87 Å². The molecule has 1 heterocycles. The molecule has 4 aromatic rings. The summed E-state index contributed by atoms with van der Waals surface area (Å²) in [6.45, 7) is 0.207. The SMILES string of the molecule is CN(Cc1ccccc1)S(=O)(=O)c1ccc(C(=O)N=c2sc3cc(F)cc(F)c3n2C)cc1. The van der Waals surface area contributed by atoms with Gasteiger partial charge in [0, 0.05) is 32.3 Å². The van der Waals surface area contributed by atoms with Gasteiger partial charge in [0.2, 0.25) is 10.0 Å². The lowest BCUT2D eigenvalue weighted by Crippen LogP contribution is -2.26. The Labute approximate surface area is 193 Å². The predicted octanol–water partition coefficient (Wildman–Crippen LogP) is 4.08. The standard InChI is InChI=1S/C23H19F2N3O3S2/c1-27(14-15-6-4-3-5-7-15)33(30,31)18-10-8-16(9-11-18)22(29)26-23-28(2)21-19(25)12-17(24)13-20(21)32-23/h3-13H,14H2,1-2H3. The Morgan fingerprint density at radius 2 is 1.73 bits per heavy atom. The molecule has 0 aliphatic heterocycles. The number of carbonyl (C=O) groups excluding carboxylic acids is 1. The maximum Gasteiger partial charge on any atom is 0.279 e. The van der Waals surface area contributed by atoms with Crippen LogP contribution in [0.1, 0.15) is 15.9 Å². The van der Waals surface area contributed by atoms with Crippen molar-refractivity contribution in [2.24, 2.45) is 12.0 Å². The van der Waals surface area contributed by atoms with Crippen LogP contribution in [0.4, 0.5) is 8.78 Å². The number of carbonyl (C=O) groups is 1. The number of amides is 1. The molecular weight excluding hydrogens is 468 g/mol. The van der Waals surface area contributed by atoms with Crippen LogP contribution in [0.5, 0.6) is 0 Å². The van der Waals surface area contributed by atoms with E-state index in [9.17, 15) is 22.0 Å². The summed E-state index contributed by atoms with van der Waals surface area (Å²) in [5.74, 6) is -2.08. The maximum absolute atomic E-state index is 14.1. The molecule has 3 aromatic carbocycles. The number of fused-ring (bicyclic) bond motifs is 1. The number of sulfonamides is 1. The molecule has 1 aromatic heterocycles. The normalized spacial score (nSPS) is 12.6. The molecule has 10 heteroatoms. The van der Waals surface area contributed by atoms with E-state index in [0.29, 0.717) is 4.70 Å². The number of rotatable bonds is 5. The molecule has 6 nitrogen and oxygen atoms in total. The summed E-state index contributed by atoms with van der Waals surface area (Å²) >= 11 is 0.980. The first-order valence-corrected chi connectivity index (χ1v) is 12.1. The fourth-order valence-electron chi connectivity index (χ4n) is 3.33. The van der Waals surface area contributed by atoms with E-state index in [4.69, 9.17) is 0 Å². The molecule has 0 unspecified atom stereocenters. The maximum atomic E-state index is 14.1. The third-order valence-electron chi connectivity index (χ3n) is 5.07. The van der Waals surface area contributed by atoms with Gasteiger partial charge in [0.1, 0.15) is 5.82 Å². The van der Waals surface area contributed by atoms with Gasteiger partial charge in [-0.25, -0.2) is 17.2 Å². The number of aromatic nitrogens is 1. The Bertz CT molecular complexity index is 1510. The molecule has 33 heavy (non-hydrogen) atoms. The molecular formula is C23H19F2N3O3S2. The number of halogens is 2. The monoisotopic (exact) mass is 487 g/mol. The van der Waals surface area contributed by atoms with E-state index in [-0.39, 0.29) is 27.3 Å². The largest absolute Gasteiger partial charge is 0.317 e. The lowest BCUT2D eigenvalue weighted by molar-refractivity contribution is 0.0998. The fraction of sp³-hybridized carbons (Fsp3) is 0.130. The van der Waals surface area contributed by atoms with Gasteiger partial charge in [-0.2, -0.15) is 9.30 Å². The van der Waals surface area contributed by atoms with Gasteiger partial charge in [0.05, 0.1) is 15.1 Å². The van der Waals surface area contributed by atoms with Crippen LogP contribution in [0.3, 0.4) is 0 Å². The van der Waals surface area contributed by atoms with Crippen molar-refractivity contribution in [3.05, 3.63) is 94.3 Å². The minimum absolute atomic E-state index is 0.0439. The fourth-order valence-corrected chi connectivity index (χ4v) is 5.55. The van der Waals surface area contributed by atoms with E-state index >= 15 is 0 Å². The summed E-state index contributed by atoms with van der Waals surface area (Å²) < 4.78 is 56.2. The summed E-state index contributed by atoms with van der Waals surface area (Å²) in [5, 5.41) is 0. The number of hydrogen-bond acceptors (Lipinski definition) is 4. The third-order valence-corrected chi connectivity index (χ3v) is 7.97. The van der Waals surface area contributed by atoms with Crippen molar-refractivity contribution in [2.45, 2.75) is 11.4 Å². The van der Waals surface area contributed by atoms with E-state index in [0.717, 1.165) is 23.0 Å². The van der Waals surface area contributed by atoms with Crippen LogP contribution in [0.2, 0.25) is 0 Å². The first-order chi connectivity index (χ1) is 15.7. The van der Waals surface area contributed by atoms with Crippen molar-refractivity contribution in [1.29, 1.82) is 0 Å². The van der Waals surface area contributed by atoms with Crippen LogP contribution >= 0.6 is 11.3 Å². The molecule has 0 bridgehead atoms. The highest BCUT2D eigenvalue weighted by atomic mass is 32.2. The molecule has 0 fully saturated rings. The highest BCUT2D eigenvalue weighted by Crippen LogP contribution is 2.22. The van der Waals surface area contributed by atoms with Crippen molar-refractivity contribution < 1.29 is 22.0 Å². The smallest absolute Gasteiger partial charge is 0.279 e. The van der Waals surface area contributed by atoms with Crippen molar-refractivity contribution >= 4 is 37.5 Å². The Kier molecular flexibility index (Phi) is 6.24. The minimum Gasteiger partial charge on any atom is -0.317 e. The molecule has 0 radical (unpaired) electrons. The average molecular weight is 488 g/mol. The quantitative estimate of drug-likeness (QED) is 0.426. The van der Waals surface area contributed by atoms with E-state index in [2.05, 4.69) is 4.99 Å². The van der Waals surface area contributed by atoms with Gasteiger partial charge in [0.25, 0.3) is 5.91 Å². The predicted molar refractivity (Wildman–Crippen MR) is 122 cm³/mol. The average Bonchev–Trinajstić information content (AvgIpc) is 3.09. The lowest BCUT2D eigenvalue weighted by Gasteiger charge is -2.17. The molecule has 0 spiro atoms. The first-order valence-electron chi connectivity index (χ1n) is 9.81. The molecule has 0 aliphatic carbocycles. The van der Waals surface area contributed by atoms with Crippen LogP contribution in [-0.2, 0) is 23.6 Å². The molecule has 0 saturated carbocycles. The van der Waals surface area contributed by atoms with E-state index < -0.39 is 27.6 Å². The lowest BCUT2D eigenvalue weighted by atomic mass is 10.2. The van der Waals surface area contributed by atoms with Gasteiger partial charge in [0.15, 0.2) is 10.6 Å². The van der Waals surface area contributed by atoms with Crippen molar-refractivity contribution in [3.63, 3.8) is 0 Å². The van der Waals surface area contributed by atoms with E-state index in [1.165, 1.54) is 53.3 Å². The van der Waals surface area contributed by atoms with Gasteiger partial charge in [-0.05, 0) is 35.9 Å². The van der Waals surface area contributed by atoms with Crippen LogP contribution in [0.25, 0.3) is 10.2 Å². The second-order valence-corrected chi connectivity index (χ2v) is 10.4. The molecule has 0 N–H and O–H groups in total. The molecule has 0 saturated heterocycles. The summed E-state index contributed by atoms with van der Waals surface area (Å²) in [4.78, 5) is 16.9. The highest BCUT2D eigenvalue weighted by molar-refractivity contribution is 7.89. The summed E-state index contributed by atoms with van der Waals surface area (Å²) in [7, 11) is -0.741. The van der Waals surface area contributed by atoms with Crippen LogP contribution in [0, 0.1) is 11.6 Å². The van der Waals surface area contributed by atoms with Gasteiger partial charge in [-0.1, -0.05) is 41.7 Å². The number of hydrogen-bond donors (Lipinski definition) is 0. The molecule has 0 aliphatic rings. The Morgan fingerprint density at radius 1 is 1.06 bits per heavy atom. The first kappa shape index (κ1) is 23.0. The van der Waals surface area contributed by atoms with Gasteiger partial charge in [-0.3, -0.25) is 4.79 Å². The van der Waals surface area contributed by atoms with Crippen LogP contribution < -0.4 is 4.80 Å². The summed E-state index contributed by atoms with van der Waals surface area (Å²) in [6, 6.07) is 16.6. The topological polar surface area (TPSA) is 71.7 Å². The van der Waals surface area contributed by atoms with Crippen molar-refractivity contribution in [3.8, 4) is 0 Å². The number of aryl methyl sites for hydroxylation is 1. The summed E-state index contributed by atoms with van der Waals surface area (Å²) in [5.41, 5.74) is 1.17. The molecule has 1 amide bonds. The zero-order chi connectivity index (χ0) is 23.8. The number of thiazole rings is 1. The van der Waals surface area contributed by atoms with Gasteiger partial charge >= 0.3 is 0 Å². The molecule has 170 valence electrons. The molecule has 0 atom stereocenters. The summed E-state index contributed by atoms with van der Waals surface area (Å²) in [6.07, 6.45) is 0. The second kappa shape index (κ2) is 8.97. The number of nitrogens with zero attached hydrogens (tertiary/aromatic N) is 3. The molecule has 4 rings (SSSR count). The van der Waals surface area contributed by atoms with E-state index in [1.54, 1.807) is 0 Å². The Morgan fingerprint density at radius 3 is 2.39 bits per heavy atom. The van der Waals surface area contributed by atoms with Crippen LogP contribution in [0.15, 0.2) is 76.6 Å². The highest BCUT2D eigenvalue weighted by Gasteiger charge is 2.21. The van der Waals surface area contributed by atoms with Crippen LogP contribution in [-0.4, -0.2) is 30.2 Å². The Hall–Kier alpha value is -3.21. The Balaban J connectivity index is 1.59. The van der Waals surface area contributed by atoms with Gasteiger partial charge < -0.3 is 4.57 Å².